The summed E-state index contributed by atoms with van der Waals surface area (Å²) in [6, 6.07) is 13.2. The minimum Gasteiger partial charge on any atom is -0.497 e. The van der Waals surface area contributed by atoms with Gasteiger partial charge < -0.3 is 9.30 Å². The molecule has 0 unspecified atom stereocenters. The first kappa shape index (κ1) is 17.0. The summed E-state index contributed by atoms with van der Waals surface area (Å²) < 4.78 is 31.3. The highest BCUT2D eigenvalue weighted by Gasteiger charge is 2.18. The minimum atomic E-state index is -3.88. The third-order valence-corrected chi connectivity index (χ3v) is 5.07. The molecule has 0 bridgehead atoms. The molecule has 130 valence electrons. The maximum Gasteiger partial charge on any atom is 0.268 e. The molecular weight excluding hydrogens is 342 g/mol. The van der Waals surface area contributed by atoms with E-state index in [4.69, 9.17) is 4.74 Å². The second kappa shape index (κ2) is 6.58. The number of nitrogens with zero attached hydrogens (tertiary/aromatic N) is 1. The number of amides is 1. The number of para-hydroxylation sites is 1. The van der Waals surface area contributed by atoms with Crippen LogP contribution >= 0.6 is 0 Å². The summed E-state index contributed by atoms with van der Waals surface area (Å²) in [6.07, 6.45) is 1.65. The van der Waals surface area contributed by atoms with Crippen molar-refractivity contribution >= 4 is 26.8 Å². The fourth-order valence-electron chi connectivity index (χ4n) is 2.52. The van der Waals surface area contributed by atoms with Gasteiger partial charge in [0.25, 0.3) is 15.9 Å². The maximum atomic E-state index is 12.4. The molecule has 0 aliphatic heterocycles. The number of hydrogen-bond donors (Lipinski definition) is 2. The van der Waals surface area contributed by atoms with Crippen LogP contribution in [-0.4, -0.2) is 26.0 Å². The van der Waals surface area contributed by atoms with Gasteiger partial charge >= 0.3 is 0 Å². The molecule has 25 heavy (non-hydrogen) atoms. The van der Waals surface area contributed by atoms with Crippen molar-refractivity contribution in [2.75, 3.05) is 7.11 Å². The Kier molecular flexibility index (Phi) is 4.47. The second-order valence-corrected chi connectivity index (χ2v) is 7.09. The summed E-state index contributed by atoms with van der Waals surface area (Å²) in [5, 5.41) is 0.742. The molecule has 1 heterocycles. The molecule has 3 aromatic rings. The van der Waals surface area contributed by atoms with Gasteiger partial charge in [-0.25, -0.2) is 8.42 Å². The Labute approximate surface area is 145 Å². The van der Waals surface area contributed by atoms with Gasteiger partial charge in [-0.3, -0.25) is 10.2 Å². The minimum absolute atomic E-state index is 0.0199. The van der Waals surface area contributed by atoms with E-state index in [-0.39, 0.29) is 4.90 Å². The Morgan fingerprint density at radius 3 is 2.44 bits per heavy atom. The third-order valence-electron chi connectivity index (χ3n) is 3.81. The lowest BCUT2D eigenvalue weighted by Gasteiger charge is -2.08. The molecule has 0 fully saturated rings. The Hall–Kier alpha value is -2.84. The average Bonchev–Trinajstić information content (AvgIpc) is 2.97. The number of aromatic nitrogens is 1. The molecule has 0 aliphatic carbocycles. The molecule has 0 spiro atoms. The number of methoxy groups -OCH3 is 1. The number of fused-ring (bicyclic) bond motifs is 1. The quantitative estimate of drug-likeness (QED) is 0.680. The van der Waals surface area contributed by atoms with Crippen LogP contribution in [0.25, 0.3) is 10.9 Å². The molecule has 0 saturated carbocycles. The lowest BCUT2D eigenvalue weighted by molar-refractivity contribution is 0.0946. The topological polar surface area (TPSA) is 89.4 Å². The number of ether oxygens (including phenoxy) is 1. The third kappa shape index (κ3) is 3.35. The standard InChI is InChI=1S/C17H17N3O4S/c1-20-11-15(14-5-3-4-6-16(14)20)17(21)18-19-25(22,23)13-9-7-12(24-2)8-10-13/h3-11,19H,1-2H3,(H,18,21). The first-order valence-corrected chi connectivity index (χ1v) is 8.91. The number of hydrazine groups is 1. The molecule has 1 aromatic heterocycles. The number of nitrogens with one attached hydrogen (secondary N) is 2. The van der Waals surface area contributed by atoms with E-state index in [2.05, 4.69) is 10.3 Å². The van der Waals surface area contributed by atoms with Crippen molar-refractivity contribution in [1.82, 2.24) is 14.8 Å². The van der Waals surface area contributed by atoms with Crippen LogP contribution in [0.3, 0.4) is 0 Å². The molecule has 2 aromatic carbocycles. The summed E-state index contributed by atoms with van der Waals surface area (Å²) in [5.74, 6) is 0.00706. The highest BCUT2D eigenvalue weighted by atomic mass is 32.2. The number of carbonyl (C=O) groups is 1. The first-order chi connectivity index (χ1) is 11.9. The fraction of sp³-hybridized carbons (Fsp3) is 0.118. The number of hydrogen-bond acceptors (Lipinski definition) is 4. The van der Waals surface area contributed by atoms with E-state index in [1.165, 1.54) is 31.4 Å². The van der Waals surface area contributed by atoms with Crippen molar-refractivity contribution in [2.24, 2.45) is 7.05 Å². The molecule has 0 saturated heterocycles. The van der Waals surface area contributed by atoms with Gasteiger partial charge in [-0.1, -0.05) is 18.2 Å². The molecule has 2 N–H and O–H groups in total. The van der Waals surface area contributed by atoms with Crippen LogP contribution in [0, 0.1) is 0 Å². The van der Waals surface area contributed by atoms with E-state index in [0.29, 0.717) is 11.3 Å². The summed E-state index contributed by atoms with van der Waals surface area (Å²) in [6.45, 7) is 0. The highest BCUT2D eigenvalue weighted by molar-refractivity contribution is 7.89. The molecule has 8 heteroatoms. The fourth-order valence-corrected chi connectivity index (χ4v) is 3.36. The number of carbonyl (C=O) groups excluding carboxylic acids is 1. The number of benzene rings is 2. The number of rotatable bonds is 5. The Morgan fingerprint density at radius 1 is 1.08 bits per heavy atom. The van der Waals surface area contributed by atoms with Gasteiger partial charge in [0.1, 0.15) is 5.75 Å². The summed E-state index contributed by atoms with van der Waals surface area (Å²) >= 11 is 0. The molecule has 1 amide bonds. The number of sulfonamides is 1. The molecular formula is C17H17N3O4S. The van der Waals surface area contributed by atoms with Crippen LogP contribution in [0.4, 0.5) is 0 Å². The summed E-state index contributed by atoms with van der Waals surface area (Å²) in [4.78, 5) is 14.5. The van der Waals surface area contributed by atoms with Crippen molar-refractivity contribution in [3.05, 3.63) is 60.3 Å². The highest BCUT2D eigenvalue weighted by Crippen LogP contribution is 2.20. The average molecular weight is 359 g/mol. The number of aryl methyl sites for hydroxylation is 1. The van der Waals surface area contributed by atoms with Gasteiger partial charge in [0.2, 0.25) is 0 Å². The molecule has 0 aliphatic rings. The molecule has 7 nitrogen and oxygen atoms in total. The smallest absolute Gasteiger partial charge is 0.268 e. The van der Waals surface area contributed by atoms with Gasteiger partial charge in [-0.15, -0.1) is 4.83 Å². The van der Waals surface area contributed by atoms with Crippen LogP contribution in [0.5, 0.6) is 5.75 Å². The lowest BCUT2D eigenvalue weighted by atomic mass is 10.2. The van der Waals surface area contributed by atoms with Crippen molar-refractivity contribution in [3.63, 3.8) is 0 Å². The van der Waals surface area contributed by atoms with Gasteiger partial charge in [-0.05, 0) is 30.3 Å². The van der Waals surface area contributed by atoms with Crippen molar-refractivity contribution in [1.29, 1.82) is 0 Å². The zero-order chi connectivity index (χ0) is 18.0. The zero-order valence-electron chi connectivity index (χ0n) is 13.7. The largest absolute Gasteiger partial charge is 0.497 e. The predicted octanol–water partition coefficient (Wildman–Crippen LogP) is 1.81. The summed E-state index contributed by atoms with van der Waals surface area (Å²) in [7, 11) is -0.567. The zero-order valence-corrected chi connectivity index (χ0v) is 14.5. The van der Waals surface area contributed by atoms with Gasteiger partial charge in [0.15, 0.2) is 0 Å². The van der Waals surface area contributed by atoms with E-state index >= 15 is 0 Å². The Morgan fingerprint density at radius 2 is 1.76 bits per heavy atom. The lowest BCUT2D eigenvalue weighted by Crippen LogP contribution is -2.41. The molecule has 0 atom stereocenters. The summed E-state index contributed by atoms with van der Waals surface area (Å²) in [5.41, 5.74) is 3.52. The van der Waals surface area contributed by atoms with E-state index in [0.717, 1.165) is 10.9 Å². The van der Waals surface area contributed by atoms with Gasteiger partial charge in [-0.2, -0.15) is 0 Å². The second-order valence-electron chi connectivity index (χ2n) is 5.41. The first-order valence-electron chi connectivity index (χ1n) is 7.42. The normalized spacial score (nSPS) is 11.4. The van der Waals surface area contributed by atoms with E-state index in [1.54, 1.807) is 6.20 Å². The predicted molar refractivity (Wildman–Crippen MR) is 93.7 cm³/mol. The monoisotopic (exact) mass is 359 g/mol. The van der Waals surface area contributed by atoms with Crippen LogP contribution in [0.2, 0.25) is 0 Å². The van der Waals surface area contributed by atoms with E-state index in [9.17, 15) is 13.2 Å². The van der Waals surface area contributed by atoms with Gasteiger partial charge in [0.05, 0.1) is 17.6 Å². The molecule has 0 radical (unpaired) electrons. The maximum absolute atomic E-state index is 12.4. The molecule has 3 rings (SSSR count). The van der Waals surface area contributed by atoms with Crippen molar-refractivity contribution in [3.8, 4) is 5.75 Å². The van der Waals surface area contributed by atoms with Crippen LogP contribution in [0.15, 0.2) is 59.6 Å². The van der Waals surface area contributed by atoms with Crippen LogP contribution in [-0.2, 0) is 17.1 Å². The Bertz CT molecular complexity index is 1020. The Balaban J connectivity index is 1.78. The van der Waals surface area contributed by atoms with E-state index < -0.39 is 15.9 Å². The van der Waals surface area contributed by atoms with Gasteiger partial charge in [0, 0.05) is 24.1 Å². The van der Waals surface area contributed by atoms with Crippen LogP contribution < -0.4 is 15.0 Å². The van der Waals surface area contributed by atoms with Crippen molar-refractivity contribution in [2.45, 2.75) is 4.90 Å². The van der Waals surface area contributed by atoms with E-state index in [1.807, 2.05) is 35.9 Å². The van der Waals surface area contributed by atoms with Crippen LogP contribution in [0.1, 0.15) is 10.4 Å². The van der Waals surface area contributed by atoms with Crippen molar-refractivity contribution < 1.29 is 17.9 Å². The SMILES string of the molecule is COc1ccc(S(=O)(=O)NNC(=O)c2cn(C)c3ccccc23)cc1.